The molecule has 0 spiro atoms. The predicted molar refractivity (Wildman–Crippen MR) is 267 cm³/mol. The molecule has 2 aliphatic heterocycles. The van der Waals surface area contributed by atoms with Crippen molar-refractivity contribution < 1.29 is 0 Å². The van der Waals surface area contributed by atoms with Crippen LogP contribution in [-0.2, 0) is 10.8 Å². The second kappa shape index (κ2) is 12.7. The molecule has 8 aromatic carbocycles. The van der Waals surface area contributed by atoms with Gasteiger partial charge in [0.2, 0.25) is 0 Å². The molecule has 0 radical (unpaired) electrons. The lowest BCUT2D eigenvalue weighted by atomic mass is 9.43. The molecule has 62 heavy (non-hydrogen) atoms. The molecule has 1 aliphatic carbocycles. The van der Waals surface area contributed by atoms with Gasteiger partial charge in [-0.1, -0.05) is 125 Å². The number of thiophene rings is 1. The minimum Gasteiger partial charge on any atom is -0.376 e. The summed E-state index contributed by atoms with van der Waals surface area (Å²) in [6.07, 6.45) is 2.37. The van der Waals surface area contributed by atoms with Gasteiger partial charge in [-0.2, -0.15) is 0 Å². The zero-order valence-corrected chi connectivity index (χ0v) is 36.6. The van der Waals surface area contributed by atoms with Gasteiger partial charge in [0.15, 0.2) is 0 Å². The van der Waals surface area contributed by atoms with Crippen LogP contribution in [0.25, 0.3) is 58.8 Å². The first-order valence-electron chi connectivity index (χ1n) is 22.2. The van der Waals surface area contributed by atoms with Crippen LogP contribution in [-0.4, -0.2) is 11.4 Å². The maximum atomic E-state index is 2.76. The molecule has 13 rings (SSSR count). The van der Waals surface area contributed by atoms with E-state index < -0.39 is 0 Å². The van der Waals surface area contributed by atoms with Crippen molar-refractivity contribution >= 4 is 99.5 Å². The number of anilines is 5. The van der Waals surface area contributed by atoms with Crippen molar-refractivity contribution in [2.45, 2.75) is 58.3 Å². The third kappa shape index (κ3) is 4.94. The highest BCUT2D eigenvalue weighted by molar-refractivity contribution is 7.25. The Labute approximate surface area is 367 Å². The Morgan fingerprint density at radius 1 is 0.516 bits per heavy atom. The number of fused-ring (bicyclic) bond motifs is 11. The van der Waals surface area contributed by atoms with E-state index in [2.05, 4.69) is 213 Å². The van der Waals surface area contributed by atoms with E-state index in [1.165, 1.54) is 111 Å². The van der Waals surface area contributed by atoms with Gasteiger partial charge in [0.1, 0.15) is 0 Å². The number of aromatic nitrogens is 1. The summed E-state index contributed by atoms with van der Waals surface area (Å²) in [5.41, 5.74) is 19.6. The topological polar surface area (TPSA) is 11.4 Å². The molecule has 0 fully saturated rings. The van der Waals surface area contributed by atoms with Crippen LogP contribution in [0.1, 0.15) is 57.2 Å². The summed E-state index contributed by atoms with van der Waals surface area (Å²) in [6, 6.07) is 62.0. The van der Waals surface area contributed by atoms with Crippen LogP contribution in [0.4, 0.5) is 28.4 Å². The number of hydrogen-bond acceptors (Lipinski definition) is 3. The first kappa shape index (κ1) is 36.1. The third-order valence-electron chi connectivity index (χ3n) is 14.7. The van der Waals surface area contributed by atoms with Gasteiger partial charge in [-0.15, -0.1) is 11.3 Å². The number of hydrogen-bond donors (Lipinski definition) is 0. The number of benzene rings is 8. The molecular weight excluding hydrogens is 770 g/mol. The van der Waals surface area contributed by atoms with Crippen molar-refractivity contribution in [3.05, 3.63) is 180 Å². The molecule has 298 valence electrons. The summed E-state index contributed by atoms with van der Waals surface area (Å²) in [5, 5.41) is 5.23. The highest BCUT2D eigenvalue weighted by Gasteiger charge is 2.46. The van der Waals surface area contributed by atoms with Crippen molar-refractivity contribution in [2.24, 2.45) is 0 Å². The lowest BCUT2D eigenvalue weighted by molar-refractivity contribution is 0.332. The second-order valence-corrected chi connectivity index (χ2v) is 20.3. The van der Waals surface area contributed by atoms with Gasteiger partial charge in [-0.25, -0.2) is 0 Å². The fourth-order valence-electron chi connectivity index (χ4n) is 11.5. The van der Waals surface area contributed by atoms with Crippen LogP contribution in [0.15, 0.2) is 164 Å². The summed E-state index contributed by atoms with van der Waals surface area (Å²) in [5.74, 6) is 0. The molecule has 0 unspecified atom stereocenters. The largest absolute Gasteiger partial charge is 0.376 e. The second-order valence-electron chi connectivity index (χ2n) is 19.2. The molecule has 3 aliphatic rings. The molecule has 0 N–H and O–H groups in total. The molecule has 0 atom stereocenters. The SMILES string of the molecule is Cc1cc2c(cc1N1B3c4c(cc(N(c5ccccc5)c5ccccc5)cc4-n4c5ccccc5c5cccc3c54)-c3cc4c(cc31)sc1ccccc14)C(C)(C)CCC2(C)C. The summed E-state index contributed by atoms with van der Waals surface area (Å²) in [6.45, 7) is 12.1. The molecule has 5 heteroatoms. The fourth-order valence-corrected chi connectivity index (χ4v) is 12.7. The van der Waals surface area contributed by atoms with E-state index in [-0.39, 0.29) is 17.7 Å². The molecular formula is C57H46BN3S. The first-order chi connectivity index (χ1) is 30.2. The molecule has 0 saturated heterocycles. The van der Waals surface area contributed by atoms with Crippen molar-refractivity contribution in [2.75, 3.05) is 9.71 Å². The van der Waals surface area contributed by atoms with Crippen LogP contribution in [0.5, 0.6) is 0 Å². The Morgan fingerprint density at radius 2 is 1.16 bits per heavy atom. The average Bonchev–Trinajstić information content (AvgIpc) is 3.83. The lowest BCUT2D eigenvalue weighted by Crippen LogP contribution is -2.60. The zero-order valence-electron chi connectivity index (χ0n) is 35.8. The highest BCUT2D eigenvalue weighted by atomic mass is 32.1. The Morgan fingerprint density at radius 3 is 1.90 bits per heavy atom. The molecule has 0 amide bonds. The molecule has 0 bridgehead atoms. The molecule has 3 nitrogen and oxygen atoms in total. The summed E-state index contributed by atoms with van der Waals surface area (Å²) < 4.78 is 5.25. The smallest absolute Gasteiger partial charge is 0.333 e. The molecule has 0 saturated carbocycles. The standard InChI is InChI=1S/C57H46BN3S/c1-35-29-45-46(57(4,5)28-27-56(45,2)3)33-49(35)61-50-34-53-43(40-22-13-15-26-52(40)62-53)32-42(50)44-30-38(59(36-17-8-6-9-18-36)37-19-10-7-11-20-37)31-51-54(44)58(61)47-24-16-23-41-39-21-12-14-25-48(39)60(51)55(41)47/h6-26,29-34H,27-28H2,1-5H3. The van der Waals surface area contributed by atoms with Gasteiger partial charge < -0.3 is 14.3 Å². The van der Waals surface area contributed by atoms with E-state index in [0.29, 0.717) is 0 Å². The van der Waals surface area contributed by atoms with E-state index in [4.69, 9.17) is 0 Å². The van der Waals surface area contributed by atoms with Gasteiger partial charge in [-0.05, 0) is 131 Å². The normalized spacial score (nSPS) is 15.6. The first-order valence-corrected chi connectivity index (χ1v) is 23.0. The Bertz CT molecular complexity index is 3460. The minimum atomic E-state index is -0.0627. The van der Waals surface area contributed by atoms with E-state index in [0.717, 1.165) is 17.1 Å². The van der Waals surface area contributed by atoms with Crippen LogP contribution in [0.2, 0.25) is 0 Å². The number of para-hydroxylation sites is 4. The Kier molecular flexibility index (Phi) is 7.43. The predicted octanol–water partition coefficient (Wildman–Crippen LogP) is 14.5. The maximum Gasteiger partial charge on any atom is 0.333 e. The van der Waals surface area contributed by atoms with Crippen molar-refractivity contribution in [3.8, 4) is 16.8 Å². The summed E-state index contributed by atoms with van der Waals surface area (Å²) in [7, 11) is 0. The molecule has 10 aromatic rings. The van der Waals surface area contributed by atoms with Crippen LogP contribution in [0, 0.1) is 6.92 Å². The van der Waals surface area contributed by atoms with Gasteiger partial charge in [-0.3, -0.25) is 0 Å². The highest BCUT2D eigenvalue weighted by Crippen LogP contribution is 2.53. The quantitative estimate of drug-likeness (QED) is 0.164. The fraction of sp³-hybridized carbons (Fsp3) is 0.158. The summed E-state index contributed by atoms with van der Waals surface area (Å²) in [4.78, 5) is 5.21. The van der Waals surface area contributed by atoms with E-state index in [9.17, 15) is 0 Å². The average molecular weight is 816 g/mol. The maximum absolute atomic E-state index is 2.76. The summed E-state index contributed by atoms with van der Waals surface area (Å²) >= 11 is 1.92. The number of nitrogens with zero attached hydrogens (tertiary/aromatic N) is 3. The minimum absolute atomic E-state index is 0.0627. The van der Waals surface area contributed by atoms with Crippen molar-refractivity contribution in [3.63, 3.8) is 0 Å². The van der Waals surface area contributed by atoms with Crippen LogP contribution in [0.3, 0.4) is 0 Å². The van der Waals surface area contributed by atoms with E-state index >= 15 is 0 Å². The van der Waals surface area contributed by atoms with Crippen LogP contribution >= 0.6 is 11.3 Å². The van der Waals surface area contributed by atoms with Crippen molar-refractivity contribution in [1.29, 1.82) is 0 Å². The van der Waals surface area contributed by atoms with Crippen LogP contribution < -0.4 is 20.6 Å². The van der Waals surface area contributed by atoms with E-state index in [1.54, 1.807) is 0 Å². The zero-order chi connectivity index (χ0) is 41.6. The van der Waals surface area contributed by atoms with Crippen molar-refractivity contribution in [1.82, 2.24) is 4.57 Å². The Balaban J connectivity index is 1.20. The number of aryl methyl sites for hydroxylation is 1. The van der Waals surface area contributed by atoms with Gasteiger partial charge in [0, 0.05) is 70.6 Å². The monoisotopic (exact) mass is 815 g/mol. The third-order valence-corrected chi connectivity index (χ3v) is 15.8. The number of rotatable bonds is 4. The van der Waals surface area contributed by atoms with Gasteiger partial charge in [0.25, 0.3) is 0 Å². The van der Waals surface area contributed by atoms with Gasteiger partial charge >= 0.3 is 6.85 Å². The van der Waals surface area contributed by atoms with Gasteiger partial charge in [0.05, 0.1) is 11.0 Å². The lowest BCUT2D eigenvalue weighted by Gasteiger charge is -2.46. The van der Waals surface area contributed by atoms with E-state index in [1.807, 2.05) is 11.3 Å². The Hall–Kier alpha value is -6.56. The molecule has 4 heterocycles. The molecule has 2 aromatic heterocycles.